The lowest BCUT2D eigenvalue weighted by atomic mass is 10.1. The number of hydrogen-bond acceptors (Lipinski definition) is 5. The van der Waals surface area contributed by atoms with Gasteiger partial charge < -0.3 is 10.6 Å². The van der Waals surface area contributed by atoms with Gasteiger partial charge in [0.05, 0.1) is 4.92 Å². The van der Waals surface area contributed by atoms with E-state index in [-0.39, 0.29) is 16.7 Å². The Morgan fingerprint density at radius 2 is 2.25 bits per heavy atom. The van der Waals surface area contributed by atoms with Crippen LogP contribution < -0.4 is 10.6 Å². The summed E-state index contributed by atoms with van der Waals surface area (Å²) in [6.45, 7) is 7.93. The number of nitrogens with zero attached hydrogens (tertiary/aromatic N) is 4. The first-order chi connectivity index (χ1) is 9.49. The maximum Gasteiger partial charge on any atom is 0.333 e. The van der Waals surface area contributed by atoms with Crippen LogP contribution in [0.15, 0.2) is 0 Å². The van der Waals surface area contributed by atoms with Crippen molar-refractivity contribution in [2.45, 2.75) is 46.2 Å². The second-order valence-electron chi connectivity index (χ2n) is 5.58. The molecular formula is C13H23N5O2. The van der Waals surface area contributed by atoms with Gasteiger partial charge in [0.15, 0.2) is 0 Å². The maximum absolute atomic E-state index is 11.4. The molecule has 2 unspecified atom stereocenters. The van der Waals surface area contributed by atoms with Gasteiger partial charge in [-0.3, -0.25) is 10.1 Å². The molecule has 1 saturated heterocycles. The van der Waals surface area contributed by atoms with Crippen molar-refractivity contribution in [2.24, 2.45) is 11.7 Å². The van der Waals surface area contributed by atoms with Gasteiger partial charge in [-0.15, -0.1) is 0 Å². The van der Waals surface area contributed by atoms with Gasteiger partial charge in [-0.2, -0.15) is 5.10 Å². The van der Waals surface area contributed by atoms with E-state index in [1.807, 2.05) is 6.92 Å². The molecule has 0 radical (unpaired) electrons. The minimum absolute atomic E-state index is 0.142. The lowest BCUT2D eigenvalue weighted by molar-refractivity contribution is -0.384. The highest BCUT2D eigenvalue weighted by Gasteiger charge is 2.36. The topological polar surface area (TPSA) is 90.2 Å². The number of aromatic nitrogens is 2. The Bertz CT molecular complexity index is 499. The molecule has 0 bridgehead atoms. The van der Waals surface area contributed by atoms with E-state index in [1.54, 1.807) is 11.6 Å². The molecule has 20 heavy (non-hydrogen) atoms. The zero-order valence-corrected chi connectivity index (χ0v) is 12.4. The second-order valence-corrected chi connectivity index (χ2v) is 5.58. The summed E-state index contributed by atoms with van der Waals surface area (Å²) in [4.78, 5) is 13.2. The number of aryl methyl sites for hydroxylation is 2. The first kappa shape index (κ1) is 14.8. The summed E-state index contributed by atoms with van der Waals surface area (Å²) >= 11 is 0. The molecule has 1 aromatic heterocycles. The third-order valence-electron chi connectivity index (χ3n) is 3.95. The van der Waals surface area contributed by atoms with E-state index >= 15 is 0 Å². The average molecular weight is 281 g/mol. The van der Waals surface area contributed by atoms with Gasteiger partial charge in [0.1, 0.15) is 5.69 Å². The average Bonchev–Trinajstić information content (AvgIpc) is 2.90. The molecule has 0 amide bonds. The molecule has 1 aliphatic rings. The third-order valence-corrected chi connectivity index (χ3v) is 3.95. The first-order valence-corrected chi connectivity index (χ1v) is 7.18. The first-order valence-electron chi connectivity index (χ1n) is 7.18. The Morgan fingerprint density at radius 1 is 1.55 bits per heavy atom. The van der Waals surface area contributed by atoms with E-state index < -0.39 is 0 Å². The quantitative estimate of drug-likeness (QED) is 0.655. The molecule has 0 aliphatic carbocycles. The van der Waals surface area contributed by atoms with Gasteiger partial charge in [-0.05, 0) is 39.2 Å². The Hall–Kier alpha value is -1.63. The molecule has 0 saturated carbocycles. The van der Waals surface area contributed by atoms with Gasteiger partial charge in [-0.25, -0.2) is 4.68 Å². The predicted molar refractivity (Wildman–Crippen MR) is 77.9 cm³/mol. The molecule has 7 heteroatoms. The summed E-state index contributed by atoms with van der Waals surface area (Å²) in [6, 6.07) is 0.258. The molecule has 2 heterocycles. The van der Waals surface area contributed by atoms with E-state index in [4.69, 9.17) is 5.73 Å². The van der Waals surface area contributed by atoms with E-state index in [9.17, 15) is 10.1 Å². The van der Waals surface area contributed by atoms with Gasteiger partial charge in [-0.1, -0.05) is 6.92 Å². The third kappa shape index (κ3) is 2.49. The number of rotatable bonds is 5. The Morgan fingerprint density at radius 3 is 2.75 bits per heavy atom. The maximum atomic E-state index is 11.4. The van der Waals surface area contributed by atoms with Crippen LogP contribution in [0, 0.1) is 23.0 Å². The molecule has 0 aromatic carbocycles. The smallest absolute Gasteiger partial charge is 0.333 e. The van der Waals surface area contributed by atoms with Crippen LogP contribution in [0.3, 0.4) is 0 Å². The van der Waals surface area contributed by atoms with Crippen LogP contribution >= 0.6 is 0 Å². The summed E-state index contributed by atoms with van der Waals surface area (Å²) in [5.74, 6) is 1.05. The SMILES string of the molecule is CCCn1nc(C)c([N+](=O)[O-])c1N1CC(CN)CC1C. The van der Waals surface area contributed by atoms with Crippen molar-refractivity contribution in [1.82, 2.24) is 9.78 Å². The molecule has 1 fully saturated rings. The predicted octanol–water partition coefficient (Wildman–Crippen LogP) is 1.68. The van der Waals surface area contributed by atoms with Crippen molar-refractivity contribution >= 4 is 11.5 Å². The van der Waals surface area contributed by atoms with Gasteiger partial charge in [0.2, 0.25) is 5.82 Å². The fourth-order valence-electron chi connectivity index (χ4n) is 3.03. The zero-order valence-electron chi connectivity index (χ0n) is 12.4. The largest absolute Gasteiger partial charge is 0.348 e. The fraction of sp³-hybridized carbons (Fsp3) is 0.769. The van der Waals surface area contributed by atoms with Crippen molar-refractivity contribution < 1.29 is 4.92 Å². The highest BCUT2D eigenvalue weighted by molar-refractivity contribution is 5.62. The Labute approximate surface area is 118 Å². The lowest BCUT2D eigenvalue weighted by Crippen LogP contribution is -2.30. The molecule has 1 aromatic rings. The lowest BCUT2D eigenvalue weighted by Gasteiger charge is -2.23. The summed E-state index contributed by atoms with van der Waals surface area (Å²) in [6.07, 6.45) is 1.87. The monoisotopic (exact) mass is 281 g/mol. The summed E-state index contributed by atoms with van der Waals surface area (Å²) in [5.41, 5.74) is 6.38. The Kier molecular flexibility index (Phi) is 4.27. The molecule has 2 N–H and O–H groups in total. The summed E-state index contributed by atoms with van der Waals surface area (Å²) in [7, 11) is 0. The summed E-state index contributed by atoms with van der Waals surface area (Å²) < 4.78 is 1.78. The van der Waals surface area contributed by atoms with E-state index in [2.05, 4.69) is 16.9 Å². The molecule has 2 rings (SSSR count). The van der Waals surface area contributed by atoms with Crippen molar-refractivity contribution in [1.29, 1.82) is 0 Å². The number of anilines is 1. The molecule has 1 aliphatic heterocycles. The molecule has 2 atom stereocenters. The summed E-state index contributed by atoms with van der Waals surface area (Å²) in [5, 5.41) is 15.7. The minimum Gasteiger partial charge on any atom is -0.348 e. The van der Waals surface area contributed by atoms with Crippen LogP contribution in [0.2, 0.25) is 0 Å². The molecule has 112 valence electrons. The van der Waals surface area contributed by atoms with Crippen LogP contribution in [-0.4, -0.2) is 33.8 Å². The Balaban J connectivity index is 2.45. The van der Waals surface area contributed by atoms with Crippen LogP contribution in [0.5, 0.6) is 0 Å². The van der Waals surface area contributed by atoms with Gasteiger partial charge in [0, 0.05) is 19.1 Å². The van der Waals surface area contributed by atoms with Crippen LogP contribution in [0.1, 0.15) is 32.4 Å². The second kappa shape index (κ2) is 5.78. The standard InChI is InChI=1S/C13H23N5O2/c1-4-5-17-13(12(18(19)20)10(3)15-17)16-8-11(7-14)6-9(16)2/h9,11H,4-8,14H2,1-3H3. The highest BCUT2D eigenvalue weighted by Crippen LogP contribution is 2.37. The van der Waals surface area contributed by atoms with Gasteiger partial charge in [0.25, 0.3) is 0 Å². The zero-order chi connectivity index (χ0) is 14.9. The minimum atomic E-state index is -0.313. The van der Waals surface area contributed by atoms with Crippen molar-refractivity contribution in [2.75, 3.05) is 18.0 Å². The van der Waals surface area contributed by atoms with Crippen LogP contribution in [0.25, 0.3) is 0 Å². The molecule has 0 spiro atoms. The normalized spacial score (nSPS) is 22.5. The number of nitrogens with two attached hydrogens (primary N) is 1. The van der Waals surface area contributed by atoms with Crippen LogP contribution in [-0.2, 0) is 6.54 Å². The van der Waals surface area contributed by atoms with Gasteiger partial charge >= 0.3 is 5.69 Å². The fourth-order valence-corrected chi connectivity index (χ4v) is 3.03. The molecule has 7 nitrogen and oxygen atoms in total. The number of nitro groups is 1. The molecular weight excluding hydrogens is 258 g/mol. The van der Waals surface area contributed by atoms with Crippen LogP contribution in [0.4, 0.5) is 11.5 Å². The van der Waals surface area contributed by atoms with E-state index in [0.717, 1.165) is 19.4 Å². The van der Waals surface area contributed by atoms with Crippen molar-refractivity contribution in [3.63, 3.8) is 0 Å². The number of hydrogen-bond donors (Lipinski definition) is 1. The van der Waals surface area contributed by atoms with Crippen molar-refractivity contribution in [3.05, 3.63) is 15.8 Å². The van der Waals surface area contributed by atoms with E-state index in [0.29, 0.717) is 30.5 Å². The van der Waals surface area contributed by atoms with E-state index in [1.165, 1.54) is 0 Å². The highest BCUT2D eigenvalue weighted by atomic mass is 16.6. The van der Waals surface area contributed by atoms with Crippen molar-refractivity contribution in [3.8, 4) is 0 Å².